The molecular formula is C9H20N2OS. The molecule has 1 aliphatic heterocycles. The van der Waals surface area contributed by atoms with Gasteiger partial charge >= 0.3 is 0 Å². The lowest BCUT2D eigenvalue weighted by atomic mass is 10.1. The van der Waals surface area contributed by atoms with E-state index in [0.29, 0.717) is 12.1 Å². The average Bonchev–Trinajstić information content (AvgIpc) is 2.07. The number of hydrogen-bond donors (Lipinski definition) is 1. The first-order valence-corrected chi connectivity index (χ1v) is 6.61. The molecule has 0 spiro atoms. The number of rotatable bonds is 3. The molecule has 0 bridgehead atoms. The molecule has 1 aliphatic rings. The summed E-state index contributed by atoms with van der Waals surface area (Å²) in [5.41, 5.74) is 0. The third-order valence-electron chi connectivity index (χ3n) is 2.83. The smallest absolute Gasteiger partial charge is 0.0359 e. The van der Waals surface area contributed by atoms with Gasteiger partial charge < -0.3 is 5.32 Å². The summed E-state index contributed by atoms with van der Waals surface area (Å²) in [6.07, 6.45) is 1.77. The van der Waals surface area contributed by atoms with Gasteiger partial charge in [0, 0.05) is 54.5 Å². The number of nitrogens with one attached hydrogen (secondary N) is 1. The van der Waals surface area contributed by atoms with Gasteiger partial charge in [-0.15, -0.1) is 0 Å². The molecule has 1 saturated heterocycles. The van der Waals surface area contributed by atoms with Crippen molar-refractivity contribution in [1.29, 1.82) is 0 Å². The average molecular weight is 204 g/mol. The highest BCUT2D eigenvalue weighted by Gasteiger charge is 2.23. The van der Waals surface area contributed by atoms with Gasteiger partial charge in [0.1, 0.15) is 0 Å². The van der Waals surface area contributed by atoms with E-state index in [1.807, 2.05) is 0 Å². The fourth-order valence-electron chi connectivity index (χ4n) is 1.69. The van der Waals surface area contributed by atoms with Gasteiger partial charge in [-0.3, -0.25) is 9.11 Å². The van der Waals surface area contributed by atoms with Crippen molar-refractivity contribution in [2.45, 2.75) is 25.9 Å². The zero-order valence-electron chi connectivity index (χ0n) is 8.75. The molecule has 0 amide bonds. The fourth-order valence-corrected chi connectivity index (χ4v) is 2.18. The highest BCUT2D eigenvalue weighted by molar-refractivity contribution is 7.84. The minimum absolute atomic E-state index is 0.555. The van der Waals surface area contributed by atoms with Gasteiger partial charge in [-0.25, -0.2) is 0 Å². The van der Waals surface area contributed by atoms with E-state index in [2.05, 4.69) is 24.1 Å². The first-order chi connectivity index (χ1) is 6.11. The van der Waals surface area contributed by atoms with Crippen LogP contribution in [0.3, 0.4) is 0 Å². The van der Waals surface area contributed by atoms with Gasteiger partial charge in [0.05, 0.1) is 0 Å². The van der Waals surface area contributed by atoms with Crippen molar-refractivity contribution in [1.82, 2.24) is 10.2 Å². The number of piperazine rings is 1. The molecule has 13 heavy (non-hydrogen) atoms. The summed E-state index contributed by atoms with van der Waals surface area (Å²) < 4.78 is 10.9. The van der Waals surface area contributed by atoms with Crippen LogP contribution in [0.15, 0.2) is 0 Å². The largest absolute Gasteiger partial charge is 0.311 e. The second-order valence-electron chi connectivity index (χ2n) is 3.80. The van der Waals surface area contributed by atoms with E-state index in [4.69, 9.17) is 0 Å². The van der Waals surface area contributed by atoms with Gasteiger partial charge in [-0.2, -0.15) is 0 Å². The van der Waals surface area contributed by atoms with E-state index < -0.39 is 10.8 Å². The quantitative estimate of drug-likeness (QED) is 0.705. The fraction of sp³-hybridized carbons (Fsp3) is 1.00. The van der Waals surface area contributed by atoms with E-state index in [1.54, 1.807) is 6.26 Å². The first kappa shape index (κ1) is 11.1. The normalized spacial score (nSPS) is 33.2. The predicted octanol–water partition coefficient (Wildman–Crippen LogP) is 0.0471. The second-order valence-corrected chi connectivity index (χ2v) is 5.35. The Morgan fingerprint density at radius 3 is 2.85 bits per heavy atom. The summed E-state index contributed by atoms with van der Waals surface area (Å²) >= 11 is 0. The van der Waals surface area contributed by atoms with Crippen molar-refractivity contribution >= 4 is 10.8 Å². The lowest BCUT2D eigenvalue weighted by Crippen LogP contribution is -2.55. The molecular weight excluding hydrogens is 184 g/mol. The van der Waals surface area contributed by atoms with E-state index in [1.165, 1.54) is 0 Å². The molecule has 4 heteroatoms. The Morgan fingerprint density at radius 2 is 2.23 bits per heavy atom. The van der Waals surface area contributed by atoms with Crippen LogP contribution in [0, 0.1) is 0 Å². The molecule has 3 nitrogen and oxygen atoms in total. The van der Waals surface area contributed by atoms with Crippen molar-refractivity contribution in [3.8, 4) is 0 Å². The lowest BCUT2D eigenvalue weighted by Gasteiger charge is -2.38. The molecule has 1 N–H and O–H groups in total. The van der Waals surface area contributed by atoms with Gasteiger partial charge in [0.25, 0.3) is 0 Å². The maximum atomic E-state index is 10.9. The Bertz CT molecular complexity index is 186. The predicted molar refractivity (Wildman–Crippen MR) is 57.4 cm³/mol. The molecule has 1 rings (SSSR count). The topological polar surface area (TPSA) is 32.3 Å². The summed E-state index contributed by atoms with van der Waals surface area (Å²) in [5.74, 6) is 0.803. The summed E-state index contributed by atoms with van der Waals surface area (Å²) in [4.78, 5) is 2.42. The van der Waals surface area contributed by atoms with Gasteiger partial charge in [-0.1, -0.05) is 0 Å². The molecule has 0 aromatic rings. The second kappa shape index (κ2) is 5.08. The van der Waals surface area contributed by atoms with E-state index in [9.17, 15) is 4.21 Å². The zero-order valence-corrected chi connectivity index (χ0v) is 9.56. The van der Waals surface area contributed by atoms with E-state index in [0.717, 1.165) is 25.4 Å². The summed E-state index contributed by atoms with van der Waals surface area (Å²) in [6, 6.07) is 1.12. The van der Waals surface area contributed by atoms with Crippen LogP contribution < -0.4 is 5.32 Å². The first-order valence-electron chi connectivity index (χ1n) is 4.88. The molecule has 0 radical (unpaired) electrons. The third kappa shape index (κ3) is 3.37. The third-order valence-corrected chi connectivity index (χ3v) is 3.59. The van der Waals surface area contributed by atoms with Crippen molar-refractivity contribution in [2.24, 2.45) is 0 Å². The standard InChI is InChI=1S/C9H20N2OS/c1-8-9(2)11(5-4-10-8)6-7-13(3)12/h8-10H,4-7H2,1-3H3. The molecule has 3 atom stereocenters. The molecule has 1 heterocycles. The van der Waals surface area contributed by atoms with Crippen LogP contribution in [0.2, 0.25) is 0 Å². The Balaban J connectivity index is 2.35. The minimum Gasteiger partial charge on any atom is -0.311 e. The van der Waals surface area contributed by atoms with Crippen LogP contribution in [-0.4, -0.2) is 52.8 Å². The molecule has 3 unspecified atom stereocenters. The Hall–Kier alpha value is 0.0700. The lowest BCUT2D eigenvalue weighted by molar-refractivity contribution is 0.147. The van der Waals surface area contributed by atoms with Crippen molar-refractivity contribution in [2.75, 3.05) is 31.6 Å². The summed E-state index contributed by atoms with van der Waals surface area (Å²) in [6.45, 7) is 7.55. The molecule has 0 aromatic heterocycles. The van der Waals surface area contributed by atoms with Crippen LogP contribution in [-0.2, 0) is 10.8 Å². The van der Waals surface area contributed by atoms with Gasteiger partial charge in [0.15, 0.2) is 0 Å². The van der Waals surface area contributed by atoms with Gasteiger partial charge in [0.2, 0.25) is 0 Å². The highest BCUT2D eigenvalue weighted by Crippen LogP contribution is 2.07. The van der Waals surface area contributed by atoms with Crippen molar-refractivity contribution in [3.05, 3.63) is 0 Å². The van der Waals surface area contributed by atoms with E-state index in [-0.39, 0.29) is 0 Å². The van der Waals surface area contributed by atoms with E-state index >= 15 is 0 Å². The van der Waals surface area contributed by atoms with Crippen LogP contribution in [0.1, 0.15) is 13.8 Å². The zero-order chi connectivity index (χ0) is 9.84. The van der Waals surface area contributed by atoms with Crippen LogP contribution in [0.5, 0.6) is 0 Å². The van der Waals surface area contributed by atoms with Crippen LogP contribution in [0.25, 0.3) is 0 Å². The monoisotopic (exact) mass is 204 g/mol. The maximum absolute atomic E-state index is 10.9. The highest BCUT2D eigenvalue weighted by atomic mass is 32.2. The van der Waals surface area contributed by atoms with Crippen LogP contribution in [0.4, 0.5) is 0 Å². The molecule has 0 saturated carbocycles. The number of nitrogens with zero attached hydrogens (tertiary/aromatic N) is 1. The molecule has 0 aromatic carbocycles. The number of hydrogen-bond acceptors (Lipinski definition) is 3. The Labute approximate surface area is 83.3 Å². The Kier molecular flexibility index (Phi) is 4.35. The SMILES string of the molecule is CC1NCCN(CCS(C)=O)C1C. The molecule has 1 fully saturated rings. The summed E-state index contributed by atoms with van der Waals surface area (Å²) in [7, 11) is -0.655. The van der Waals surface area contributed by atoms with Crippen molar-refractivity contribution in [3.63, 3.8) is 0 Å². The maximum Gasteiger partial charge on any atom is 0.0359 e. The molecule has 78 valence electrons. The van der Waals surface area contributed by atoms with Crippen molar-refractivity contribution < 1.29 is 4.21 Å². The minimum atomic E-state index is -0.655. The van der Waals surface area contributed by atoms with Crippen LogP contribution >= 0.6 is 0 Å². The molecule has 0 aliphatic carbocycles. The Morgan fingerprint density at radius 1 is 1.54 bits per heavy atom. The summed E-state index contributed by atoms with van der Waals surface area (Å²) in [5, 5.41) is 3.43. The van der Waals surface area contributed by atoms with Gasteiger partial charge in [-0.05, 0) is 13.8 Å².